The largest absolute Gasteiger partial charge is 0.497 e. The molecule has 104 valence electrons. The van der Waals surface area contributed by atoms with E-state index in [1.54, 1.807) is 31.4 Å². The Balaban J connectivity index is 1.96. The molecule has 1 aliphatic rings. The topological polar surface area (TPSA) is 73.6 Å². The maximum absolute atomic E-state index is 12.1. The normalized spacial score (nSPS) is 25.5. The lowest BCUT2D eigenvalue weighted by atomic mass is 9.83. The Labute approximate surface area is 113 Å². The zero-order valence-corrected chi connectivity index (χ0v) is 11.3. The van der Waals surface area contributed by atoms with E-state index in [0.717, 1.165) is 12.2 Å². The SMILES string of the molecule is CCOC1CC(N)C1NC(=O)c1ccc(OC)cc1. The Bertz CT molecular complexity index is 431. The number of hydrogen-bond acceptors (Lipinski definition) is 4. The van der Waals surface area contributed by atoms with Gasteiger partial charge in [0.1, 0.15) is 5.75 Å². The highest BCUT2D eigenvalue weighted by Gasteiger charge is 2.40. The molecule has 0 aliphatic heterocycles. The van der Waals surface area contributed by atoms with Crippen molar-refractivity contribution in [2.75, 3.05) is 13.7 Å². The Kier molecular flexibility index (Phi) is 4.39. The van der Waals surface area contributed by atoms with Crippen molar-refractivity contribution in [2.24, 2.45) is 5.73 Å². The monoisotopic (exact) mass is 264 g/mol. The number of nitrogens with two attached hydrogens (primary N) is 1. The summed E-state index contributed by atoms with van der Waals surface area (Å²) in [5, 5.41) is 2.93. The molecule has 19 heavy (non-hydrogen) atoms. The molecule has 1 amide bonds. The first kappa shape index (κ1) is 13.8. The number of methoxy groups -OCH3 is 1. The van der Waals surface area contributed by atoms with Crippen LogP contribution in [0.2, 0.25) is 0 Å². The number of carbonyl (C=O) groups excluding carboxylic acids is 1. The number of nitrogens with one attached hydrogen (secondary N) is 1. The second kappa shape index (κ2) is 6.04. The maximum atomic E-state index is 12.1. The average molecular weight is 264 g/mol. The molecule has 0 saturated heterocycles. The molecule has 3 unspecified atom stereocenters. The van der Waals surface area contributed by atoms with Crippen LogP contribution in [0.1, 0.15) is 23.7 Å². The number of ether oxygens (including phenoxy) is 2. The van der Waals surface area contributed by atoms with Crippen LogP contribution in [0, 0.1) is 0 Å². The van der Waals surface area contributed by atoms with Crippen LogP contribution in [0.15, 0.2) is 24.3 Å². The summed E-state index contributed by atoms with van der Waals surface area (Å²) in [6.45, 7) is 2.57. The van der Waals surface area contributed by atoms with Crippen LogP contribution in [-0.4, -0.2) is 37.8 Å². The zero-order chi connectivity index (χ0) is 13.8. The molecule has 0 aromatic heterocycles. The van der Waals surface area contributed by atoms with E-state index in [2.05, 4.69) is 5.32 Å². The lowest BCUT2D eigenvalue weighted by Crippen LogP contribution is -2.64. The van der Waals surface area contributed by atoms with Crippen LogP contribution in [0.3, 0.4) is 0 Å². The van der Waals surface area contributed by atoms with Gasteiger partial charge in [0.25, 0.3) is 5.91 Å². The molecule has 1 aromatic carbocycles. The van der Waals surface area contributed by atoms with Gasteiger partial charge in [-0.05, 0) is 37.6 Å². The fraction of sp³-hybridized carbons (Fsp3) is 0.500. The lowest BCUT2D eigenvalue weighted by Gasteiger charge is -2.42. The fourth-order valence-electron chi connectivity index (χ4n) is 2.20. The number of amides is 1. The van der Waals surface area contributed by atoms with Gasteiger partial charge in [0.05, 0.1) is 19.3 Å². The van der Waals surface area contributed by atoms with E-state index < -0.39 is 0 Å². The van der Waals surface area contributed by atoms with Crippen LogP contribution < -0.4 is 15.8 Å². The average Bonchev–Trinajstić information content (AvgIpc) is 2.44. The minimum absolute atomic E-state index is 0.0289. The lowest BCUT2D eigenvalue weighted by molar-refractivity contribution is -0.0300. The van der Waals surface area contributed by atoms with Gasteiger partial charge in [-0.15, -0.1) is 0 Å². The Hall–Kier alpha value is -1.59. The van der Waals surface area contributed by atoms with Crippen molar-refractivity contribution in [3.8, 4) is 5.75 Å². The summed E-state index contributed by atoms with van der Waals surface area (Å²) in [6.07, 6.45) is 0.823. The number of rotatable bonds is 5. The van der Waals surface area contributed by atoms with Crippen molar-refractivity contribution in [1.82, 2.24) is 5.32 Å². The molecule has 3 N–H and O–H groups in total. The van der Waals surface area contributed by atoms with Gasteiger partial charge in [-0.25, -0.2) is 0 Å². The van der Waals surface area contributed by atoms with Gasteiger partial charge in [0.2, 0.25) is 0 Å². The summed E-state index contributed by atoms with van der Waals surface area (Å²) < 4.78 is 10.6. The number of benzene rings is 1. The van der Waals surface area contributed by atoms with Gasteiger partial charge in [-0.2, -0.15) is 0 Å². The van der Waals surface area contributed by atoms with E-state index in [4.69, 9.17) is 15.2 Å². The Morgan fingerprint density at radius 2 is 2.11 bits per heavy atom. The highest BCUT2D eigenvalue weighted by Crippen LogP contribution is 2.23. The molecule has 5 heteroatoms. The first-order valence-corrected chi connectivity index (χ1v) is 6.47. The summed E-state index contributed by atoms with van der Waals surface area (Å²) in [7, 11) is 1.59. The summed E-state index contributed by atoms with van der Waals surface area (Å²) in [5.41, 5.74) is 6.49. The third-order valence-electron chi connectivity index (χ3n) is 3.40. The van der Waals surface area contributed by atoms with Crippen LogP contribution in [0.4, 0.5) is 0 Å². The van der Waals surface area contributed by atoms with Gasteiger partial charge in [-0.1, -0.05) is 0 Å². The number of carbonyl (C=O) groups is 1. The minimum Gasteiger partial charge on any atom is -0.497 e. The Morgan fingerprint density at radius 3 is 2.63 bits per heavy atom. The first-order chi connectivity index (χ1) is 9.15. The van der Waals surface area contributed by atoms with Gasteiger partial charge in [0, 0.05) is 18.2 Å². The van der Waals surface area contributed by atoms with Crippen molar-refractivity contribution in [3.63, 3.8) is 0 Å². The molecular weight excluding hydrogens is 244 g/mol. The summed E-state index contributed by atoms with van der Waals surface area (Å²) in [6, 6.07) is 6.85. The molecule has 1 aliphatic carbocycles. The highest BCUT2D eigenvalue weighted by atomic mass is 16.5. The van der Waals surface area contributed by atoms with Crippen LogP contribution in [-0.2, 0) is 4.74 Å². The molecular formula is C14H20N2O3. The third kappa shape index (κ3) is 3.05. The fourth-order valence-corrected chi connectivity index (χ4v) is 2.20. The zero-order valence-electron chi connectivity index (χ0n) is 11.3. The molecule has 0 bridgehead atoms. The second-order valence-electron chi connectivity index (χ2n) is 4.62. The number of hydrogen-bond donors (Lipinski definition) is 2. The van der Waals surface area contributed by atoms with Crippen molar-refractivity contribution in [1.29, 1.82) is 0 Å². The molecule has 1 fully saturated rings. The van der Waals surface area contributed by atoms with Crippen LogP contribution >= 0.6 is 0 Å². The van der Waals surface area contributed by atoms with E-state index in [1.807, 2.05) is 6.92 Å². The highest BCUT2D eigenvalue weighted by molar-refractivity contribution is 5.94. The molecule has 1 aromatic rings. The molecule has 2 rings (SSSR count). The second-order valence-corrected chi connectivity index (χ2v) is 4.62. The van der Waals surface area contributed by atoms with Crippen molar-refractivity contribution in [2.45, 2.75) is 31.5 Å². The smallest absolute Gasteiger partial charge is 0.251 e. The van der Waals surface area contributed by atoms with Gasteiger partial charge in [-0.3, -0.25) is 4.79 Å². The van der Waals surface area contributed by atoms with Crippen LogP contribution in [0.5, 0.6) is 5.75 Å². The van der Waals surface area contributed by atoms with Gasteiger partial charge in [0.15, 0.2) is 0 Å². The van der Waals surface area contributed by atoms with E-state index >= 15 is 0 Å². The quantitative estimate of drug-likeness (QED) is 0.829. The van der Waals surface area contributed by atoms with Gasteiger partial charge < -0.3 is 20.5 Å². The summed E-state index contributed by atoms with van der Waals surface area (Å²) >= 11 is 0. The summed E-state index contributed by atoms with van der Waals surface area (Å²) in [5.74, 6) is 0.594. The van der Waals surface area contributed by atoms with E-state index in [0.29, 0.717) is 12.2 Å². The van der Waals surface area contributed by atoms with Crippen molar-refractivity contribution < 1.29 is 14.3 Å². The molecule has 5 nitrogen and oxygen atoms in total. The molecule has 0 radical (unpaired) electrons. The maximum Gasteiger partial charge on any atom is 0.251 e. The standard InChI is InChI=1S/C14H20N2O3/c1-3-19-12-8-11(15)13(12)16-14(17)9-4-6-10(18-2)7-5-9/h4-7,11-13H,3,8,15H2,1-2H3,(H,16,17). The molecule has 0 heterocycles. The van der Waals surface area contributed by atoms with E-state index in [1.165, 1.54) is 0 Å². The van der Waals surface area contributed by atoms with Crippen LogP contribution in [0.25, 0.3) is 0 Å². The van der Waals surface area contributed by atoms with Crippen molar-refractivity contribution >= 4 is 5.91 Å². The predicted molar refractivity (Wildman–Crippen MR) is 72.3 cm³/mol. The summed E-state index contributed by atoms with van der Waals surface area (Å²) in [4.78, 5) is 12.1. The first-order valence-electron chi connectivity index (χ1n) is 6.47. The van der Waals surface area contributed by atoms with Gasteiger partial charge >= 0.3 is 0 Å². The van der Waals surface area contributed by atoms with E-state index in [9.17, 15) is 4.79 Å². The predicted octanol–water partition coefficient (Wildman–Crippen LogP) is 0.930. The van der Waals surface area contributed by atoms with E-state index in [-0.39, 0.29) is 24.1 Å². The van der Waals surface area contributed by atoms with Crippen molar-refractivity contribution in [3.05, 3.63) is 29.8 Å². The third-order valence-corrected chi connectivity index (χ3v) is 3.40. The molecule has 3 atom stereocenters. The molecule has 1 saturated carbocycles. The molecule has 0 spiro atoms. The minimum atomic E-state index is -0.132. The Morgan fingerprint density at radius 1 is 1.42 bits per heavy atom.